The van der Waals surface area contributed by atoms with Crippen LogP contribution < -0.4 is 15.4 Å². The molecule has 2 amide bonds. The van der Waals surface area contributed by atoms with Crippen molar-refractivity contribution >= 4 is 11.8 Å². The van der Waals surface area contributed by atoms with E-state index in [2.05, 4.69) is 10.6 Å². The third-order valence-electron chi connectivity index (χ3n) is 3.73. The average Bonchev–Trinajstić information content (AvgIpc) is 2.62. The maximum absolute atomic E-state index is 12.3. The largest absolute Gasteiger partial charge is 0.497 e. The molecule has 2 aromatic carbocycles. The van der Waals surface area contributed by atoms with E-state index in [9.17, 15) is 9.59 Å². The van der Waals surface area contributed by atoms with E-state index in [4.69, 9.17) is 4.74 Å². The number of benzene rings is 2. The lowest BCUT2D eigenvalue weighted by Gasteiger charge is -2.19. The molecular formula is C19H22N2O3. The number of carbonyl (C=O) groups is 2. The molecular weight excluding hydrogens is 304 g/mol. The number of nitrogens with one attached hydrogen (secondary N) is 2. The highest BCUT2D eigenvalue weighted by atomic mass is 16.5. The SMILES string of the molecule is COc1cccc(C(=O)N[C@@H](C)C(=O)N[C@@H](C)c2ccccc2)c1. The average molecular weight is 326 g/mol. The second kappa shape index (κ2) is 8.15. The Morgan fingerprint density at radius 2 is 1.67 bits per heavy atom. The molecule has 2 rings (SSSR count). The highest BCUT2D eigenvalue weighted by Crippen LogP contribution is 2.13. The van der Waals surface area contributed by atoms with Crippen LogP contribution in [0.1, 0.15) is 35.8 Å². The zero-order valence-electron chi connectivity index (χ0n) is 14.1. The number of rotatable bonds is 6. The molecule has 0 fully saturated rings. The summed E-state index contributed by atoms with van der Waals surface area (Å²) in [6, 6.07) is 15.7. The Balaban J connectivity index is 1.94. The van der Waals surface area contributed by atoms with Crippen molar-refractivity contribution in [1.82, 2.24) is 10.6 Å². The van der Waals surface area contributed by atoms with Gasteiger partial charge in [0.2, 0.25) is 5.91 Å². The Bertz CT molecular complexity index is 701. The van der Waals surface area contributed by atoms with Crippen LogP contribution in [0.25, 0.3) is 0 Å². The van der Waals surface area contributed by atoms with Crippen molar-refractivity contribution in [2.24, 2.45) is 0 Å². The minimum atomic E-state index is -0.644. The van der Waals surface area contributed by atoms with Crippen LogP contribution in [-0.4, -0.2) is 25.0 Å². The van der Waals surface area contributed by atoms with Crippen molar-refractivity contribution in [3.8, 4) is 5.75 Å². The normalized spacial score (nSPS) is 12.8. The second-order valence-corrected chi connectivity index (χ2v) is 5.57. The number of ether oxygens (including phenoxy) is 1. The van der Waals surface area contributed by atoms with Crippen molar-refractivity contribution in [3.05, 3.63) is 65.7 Å². The topological polar surface area (TPSA) is 67.4 Å². The number of amides is 2. The van der Waals surface area contributed by atoms with Crippen LogP contribution in [-0.2, 0) is 4.79 Å². The van der Waals surface area contributed by atoms with Crippen LogP contribution in [0.3, 0.4) is 0 Å². The minimum absolute atomic E-state index is 0.130. The molecule has 0 spiro atoms. The number of hydrogen-bond donors (Lipinski definition) is 2. The zero-order valence-corrected chi connectivity index (χ0v) is 14.1. The summed E-state index contributed by atoms with van der Waals surface area (Å²) in [6.07, 6.45) is 0. The Morgan fingerprint density at radius 1 is 0.958 bits per heavy atom. The van der Waals surface area contributed by atoms with Gasteiger partial charge in [0.1, 0.15) is 11.8 Å². The molecule has 0 unspecified atom stereocenters. The van der Waals surface area contributed by atoms with Gasteiger partial charge in [0, 0.05) is 5.56 Å². The smallest absolute Gasteiger partial charge is 0.252 e. The summed E-state index contributed by atoms with van der Waals surface area (Å²) in [7, 11) is 1.54. The molecule has 0 aliphatic rings. The summed E-state index contributed by atoms with van der Waals surface area (Å²) in [5.41, 5.74) is 1.46. The fraction of sp³-hybridized carbons (Fsp3) is 0.263. The van der Waals surface area contributed by atoms with Crippen molar-refractivity contribution in [2.75, 3.05) is 7.11 Å². The Labute approximate surface area is 142 Å². The van der Waals surface area contributed by atoms with Gasteiger partial charge in [0.15, 0.2) is 0 Å². The highest BCUT2D eigenvalue weighted by Gasteiger charge is 2.19. The van der Waals surface area contributed by atoms with Crippen molar-refractivity contribution in [1.29, 1.82) is 0 Å². The quantitative estimate of drug-likeness (QED) is 0.857. The molecule has 2 N–H and O–H groups in total. The number of hydrogen-bond acceptors (Lipinski definition) is 3. The molecule has 2 aromatic rings. The lowest BCUT2D eigenvalue weighted by Crippen LogP contribution is -2.45. The molecule has 2 atom stereocenters. The zero-order chi connectivity index (χ0) is 17.5. The Morgan fingerprint density at radius 3 is 2.33 bits per heavy atom. The van der Waals surface area contributed by atoms with Gasteiger partial charge in [-0.25, -0.2) is 0 Å². The van der Waals surface area contributed by atoms with Gasteiger partial charge in [-0.1, -0.05) is 36.4 Å². The van der Waals surface area contributed by atoms with Crippen molar-refractivity contribution in [2.45, 2.75) is 25.9 Å². The van der Waals surface area contributed by atoms with Gasteiger partial charge in [-0.05, 0) is 37.6 Å². The maximum Gasteiger partial charge on any atom is 0.252 e. The lowest BCUT2D eigenvalue weighted by molar-refractivity contribution is -0.123. The molecule has 0 aliphatic heterocycles. The van der Waals surface area contributed by atoms with Gasteiger partial charge < -0.3 is 15.4 Å². The molecule has 0 radical (unpaired) electrons. The molecule has 5 heteroatoms. The van der Waals surface area contributed by atoms with E-state index in [1.807, 2.05) is 37.3 Å². The molecule has 0 aliphatic carbocycles. The van der Waals surface area contributed by atoms with Gasteiger partial charge in [-0.2, -0.15) is 0 Å². The summed E-state index contributed by atoms with van der Waals surface area (Å²) >= 11 is 0. The molecule has 24 heavy (non-hydrogen) atoms. The third-order valence-corrected chi connectivity index (χ3v) is 3.73. The van der Waals surface area contributed by atoms with Gasteiger partial charge in [-0.3, -0.25) is 9.59 Å². The standard InChI is InChI=1S/C19H22N2O3/c1-13(15-8-5-4-6-9-15)20-18(22)14(2)21-19(23)16-10-7-11-17(12-16)24-3/h4-14H,1-3H3,(H,20,22)(H,21,23)/t13-,14-/m0/s1. The Hall–Kier alpha value is -2.82. The predicted molar refractivity (Wildman–Crippen MR) is 92.9 cm³/mol. The van der Waals surface area contributed by atoms with Crippen molar-refractivity contribution < 1.29 is 14.3 Å². The van der Waals surface area contributed by atoms with Crippen LogP contribution in [0, 0.1) is 0 Å². The molecule has 126 valence electrons. The Kier molecular flexibility index (Phi) is 5.95. The summed E-state index contributed by atoms with van der Waals surface area (Å²) in [5.74, 6) is 0.0453. The van der Waals surface area contributed by atoms with E-state index in [-0.39, 0.29) is 17.9 Å². The first-order chi connectivity index (χ1) is 11.5. The predicted octanol–water partition coefficient (Wildman–Crippen LogP) is 2.69. The van der Waals surface area contributed by atoms with Gasteiger partial charge in [0.05, 0.1) is 13.2 Å². The number of carbonyl (C=O) groups excluding carboxylic acids is 2. The summed E-state index contributed by atoms with van der Waals surface area (Å²) in [5, 5.41) is 5.59. The summed E-state index contributed by atoms with van der Waals surface area (Å²) in [4.78, 5) is 24.5. The molecule has 0 saturated heterocycles. The monoisotopic (exact) mass is 326 g/mol. The first kappa shape index (κ1) is 17.5. The molecule has 5 nitrogen and oxygen atoms in total. The fourth-order valence-corrected chi connectivity index (χ4v) is 2.27. The van der Waals surface area contributed by atoms with Crippen LogP contribution in [0.4, 0.5) is 0 Å². The van der Waals surface area contributed by atoms with E-state index >= 15 is 0 Å². The fourth-order valence-electron chi connectivity index (χ4n) is 2.27. The van der Waals surface area contributed by atoms with E-state index in [0.29, 0.717) is 11.3 Å². The first-order valence-electron chi connectivity index (χ1n) is 7.81. The van der Waals surface area contributed by atoms with E-state index in [1.54, 1.807) is 31.2 Å². The number of methoxy groups -OCH3 is 1. The summed E-state index contributed by atoms with van der Waals surface area (Å²) in [6.45, 7) is 3.56. The minimum Gasteiger partial charge on any atom is -0.497 e. The van der Waals surface area contributed by atoms with E-state index in [0.717, 1.165) is 5.56 Å². The third kappa shape index (κ3) is 4.59. The lowest BCUT2D eigenvalue weighted by atomic mass is 10.1. The van der Waals surface area contributed by atoms with Crippen LogP contribution in [0.15, 0.2) is 54.6 Å². The molecule has 0 bridgehead atoms. The summed E-state index contributed by atoms with van der Waals surface area (Å²) < 4.78 is 5.10. The van der Waals surface area contributed by atoms with E-state index < -0.39 is 6.04 Å². The first-order valence-corrected chi connectivity index (χ1v) is 7.81. The van der Waals surface area contributed by atoms with Gasteiger partial charge >= 0.3 is 0 Å². The molecule has 0 aromatic heterocycles. The maximum atomic E-state index is 12.3. The van der Waals surface area contributed by atoms with E-state index in [1.165, 1.54) is 7.11 Å². The van der Waals surface area contributed by atoms with Gasteiger partial charge in [0.25, 0.3) is 5.91 Å². The van der Waals surface area contributed by atoms with Crippen molar-refractivity contribution in [3.63, 3.8) is 0 Å². The molecule has 0 heterocycles. The van der Waals surface area contributed by atoms with Crippen LogP contribution in [0.2, 0.25) is 0 Å². The van der Waals surface area contributed by atoms with Gasteiger partial charge in [-0.15, -0.1) is 0 Å². The second-order valence-electron chi connectivity index (χ2n) is 5.57. The molecule has 0 saturated carbocycles. The van der Waals surface area contributed by atoms with Crippen LogP contribution >= 0.6 is 0 Å². The van der Waals surface area contributed by atoms with Crippen LogP contribution in [0.5, 0.6) is 5.75 Å². The highest BCUT2D eigenvalue weighted by molar-refractivity contribution is 5.97.